The van der Waals surface area contributed by atoms with Gasteiger partial charge in [0.2, 0.25) is 0 Å². The molecular weight excluding hydrogens is 398 g/mol. The highest BCUT2D eigenvalue weighted by Gasteiger charge is 2.15. The van der Waals surface area contributed by atoms with Crippen LogP contribution in [0.5, 0.6) is 0 Å². The van der Waals surface area contributed by atoms with Crippen molar-refractivity contribution in [1.82, 2.24) is 30.0 Å². The maximum absolute atomic E-state index is 12.4. The Morgan fingerprint density at radius 2 is 2.11 bits per heavy atom. The van der Waals surface area contributed by atoms with E-state index < -0.39 is 0 Å². The fourth-order valence-corrected chi connectivity index (χ4v) is 3.89. The number of fused-ring (bicyclic) bond motifs is 1. The molecule has 3 rings (SSSR count). The molecule has 0 aromatic carbocycles. The summed E-state index contributed by atoms with van der Waals surface area (Å²) in [5.41, 5.74) is 1.49. The Morgan fingerprint density at radius 1 is 1.29 bits per heavy atom. The van der Waals surface area contributed by atoms with Gasteiger partial charge in [0.05, 0.1) is 35.4 Å². The van der Waals surface area contributed by atoms with Crippen LogP contribution in [0.15, 0.2) is 11.4 Å². The fraction of sp³-hybridized carbons (Fsp3) is 0.471. The molecular formula is C17H23N7O2S2. The molecule has 0 saturated carbocycles. The van der Waals surface area contributed by atoms with Crippen molar-refractivity contribution >= 4 is 45.9 Å². The predicted molar refractivity (Wildman–Crippen MR) is 111 cm³/mol. The van der Waals surface area contributed by atoms with E-state index in [4.69, 9.17) is 4.74 Å². The van der Waals surface area contributed by atoms with Crippen LogP contribution >= 0.6 is 23.1 Å². The van der Waals surface area contributed by atoms with Gasteiger partial charge in [0, 0.05) is 20.2 Å². The number of anilines is 1. The largest absolute Gasteiger partial charge is 0.383 e. The van der Waals surface area contributed by atoms with Crippen LogP contribution in [0.1, 0.15) is 20.4 Å². The molecule has 28 heavy (non-hydrogen) atoms. The van der Waals surface area contributed by atoms with Gasteiger partial charge in [-0.1, -0.05) is 11.8 Å². The summed E-state index contributed by atoms with van der Waals surface area (Å²) < 4.78 is 6.86. The van der Waals surface area contributed by atoms with Crippen molar-refractivity contribution in [2.75, 3.05) is 38.4 Å². The van der Waals surface area contributed by atoms with Crippen molar-refractivity contribution in [3.63, 3.8) is 0 Å². The van der Waals surface area contributed by atoms with E-state index in [1.165, 1.54) is 23.1 Å². The molecule has 0 aliphatic heterocycles. The number of nitrogens with one attached hydrogen (secondary N) is 2. The zero-order valence-electron chi connectivity index (χ0n) is 16.3. The number of nitrogens with zero attached hydrogens (tertiary/aromatic N) is 5. The lowest BCUT2D eigenvalue weighted by Gasteiger charge is -2.09. The highest BCUT2D eigenvalue weighted by Crippen LogP contribution is 2.23. The number of methoxy groups -OCH3 is 1. The first-order valence-electron chi connectivity index (χ1n) is 8.76. The molecule has 1 amide bonds. The summed E-state index contributed by atoms with van der Waals surface area (Å²) >= 11 is 2.87. The summed E-state index contributed by atoms with van der Waals surface area (Å²) in [7, 11) is 1.66. The number of carbonyl (C=O) groups is 1. The number of hydrogen-bond donors (Lipinski definition) is 2. The molecule has 0 bridgehead atoms. The molecule has 150 valence electrons. The van der Waals surface area contributed by atoms with E-state index in [0.717, 1.165) is 27.6 Å². The van der Waals surface area contributed by atoms with E-state index in [1.807, 2.05) is 20.1 Å². The number of thioether (sulfide) groups is 1. The molecule has 9 nitrogen and oxygen atoms in total. The summed E-state index contributed by atoms with van der Waals surface area (Å²) in [5, 5.41) is 13.0. The molecule has 3 aromatic rings. The van der Waals surface area contributed by atoms with Gasteiger partial charge in [0.15, 0.2) is 10.8 Å². The highest BCUT2D eigenvalue weighted by atomic mass is 32.2. The molecule has 0 saturated heterocycles. The first kappa shape index (κ1) is 20.5. The third kappa shape index (κ3) is 4.59. The van der Waals surface area contributed by atoms with Gasteiger partial charge in [-0.15, -0.1) is 11.3 Å². The maximum Gasteiger partial charge on any atom is 0.263 e. The summed E-state index contributed by atoms with van der Waals surface area (Å²) in [4.78, 5) is 26.4. The van der Waals surface area contributed by atoms with Crippen LogP contribution in [0.25, 0.3) is 11.0 Å². The molecule has 0 unspecified atom stereocenters. The second-order valence-electron chi connectivity index (χ2n) is 5.99. The first-order valence-corrected chi connectivity index (χ1v) is 10.8. The zero-order chi connectivity index (χ0) is 20.1. The molecule has 3 aromatic heterocycles. The van der Waals surface area contributed by atoms with E-state index >= 15 is 0 Å². The molecule has 0 radical (unpaired) electrons. The van der Waals surface area contributed by atoms with Crippen LogP contribution in [-0.4, -0.2) is 63.7 Å². The Hall–Kier alpha value is -2.24. The van der Waals surface area contributed by atoms with E-state index in [0.29, 0.717) is 36.3 Å². The minimum absolute atomic E-state index is 0.110. The number of ether oxygens (including phenoxy) is 1. The molecule has 11 heteroatoms. The lowest BCUT2D eigenvalue weighted by atomic mass is 10.3. The fourth-order valence-electron chi connectivity index (χ4n) is 2.69. The minimum atomic E-state index is -0.110. The molecule has 0 aliphatic carbocycles. The van der Waals surface area contributed by atoms with Crippen LogP contribution in [0.3, 0.4) is 0 Å². The third-order valence-electron chi connectivity index (χ3n) is 3.98. The standard InChI is InChI=1S/C17H23N7O2S2/c1-10-13(28-11(2)21-10)16(25)19-5-7-24-15-12(9-20-24)14(18-6-8-26-3)22-17(23-15)27-4/h9H,5-8H2,1-4H3,(H,19,25)(H,18,22,23). The topological polar surface area (TPSA) is 107 Å². The van der Waals surface area contributed by atoms with Crippen molar-refractivity contribution in [2.45, 2.75) is 25.5 Å². The SMILES string of the molecule is COCCNc1nc(SC)nc2c1cnn2CCNC(=O)c1sc(C)nc1C. The van der Waals surface area contributed by atoms with Crippen LogP contribution < -0.4 is 10.6 Å². The second kappa shape index (κ2) is 9.30. The van der Waals surface area contributed by atoms with Gasteiger partial charge in [-0.3, -0.25) is 4.79 Å². The Bertz CT molecular complexity index is 970. The number of thiazole rings is 1. The number of amides is 1. The monoisotopic (exact) mass is 421 g/mol. The Morgan fingerprint density at radius 3 is 2.79 bits per heavy atom. The number of hydrogen-bond acceptors (Lipinski definition) is 9. The summed E-state index contributed by atoms with van der Waals surface area (Å²) in [6, 6.07) is 0. The Balaban J connectivity index is 1.71. The smallest absolute Gasteiger partial charge is 0.263 e. The first-order chi connectivity index (χ1) is 13.5. The second-order valence-corrected chi connectivity index (χ2v) is 7.96. The van der Waals surface area contributed by atoms with Crippen molar-refractivity contribution in [1.29, 1.82) is 0 Å². The number of aromatic nitrogens is 5. The number of aryl methyl sites for hydroxylation is 2. The van der Waals surface area contributed by atoms with Crippen LogP contribution in [0.4, 0.5) is 5.82 Å². The van der Waals surface area contributed by atoms with E-state index in [2.05, 4.69) is 30.7 Å². The van der Waals surface area contributed by atoms with Gasteiger partial charge in [0.25, 0.3) is 5.91 Å². The van der Waals surface area contributed by atoms with Gasteiger partial charge < -0.3 is 15.4 Å². The maximum atomic E-state index is 12.4. The van der Waals surface area contributed by atoms with E-state index in [-0.39, 0.29) is 5.91 Å². The minimum Gasteiger partial charge on any atom is -0.383 e. The third-order valence-corrected chi connectivity index (χ3v) is 5.60. The van der Waals surface area contributed by atoms with Crippen molar-refractivity contribution in [3.8, 4) is 0 Å². The molecule has 0 fully saturated rings. The predicted octanol–water partition coefficient (Wildman–Crippen LogP) is 2.11. The van der Waals surface area contributed by atoms with Gasteiger partial charge >= 0.3 is 0 Å². The van der Waals surface area contributed by atoms with Gasteiger partial charge in [0.1, 0.15) is 10.7 Å². The van der Waals surface area contributed by atoms with Gasteiger partial charge in [-0.05, 0) is 20.1 Å². The zero-order valence-corrected chi connectivity index (χ0v) is 17.9. The normalized spacial score (nSPS) is 11.1. The highest BCUT2D eigenvalue weighted by molar-refractivity contribution is 7.98. The quantitative estimate of drug-likeness (QED) is 0.307. The molecule has 3 heterocycles. The summed E-state index contributed by atoms with van der Waals surface area (Å²) in [6.45, 7) is 5.91. The lowest BCUT2D eigenvalue weighted by Crippen LogP contribution is -2.27. The Kier molecular flexibility index (Phi) is 6.81. The molecule has 0 aliphatic rings. The van der Waals surface area contributed by atoms with Crippen LogP contribution in [0.2, 0.25) is 0 Å². The van der Waals surface area contributed by atoms with Gasteiger partial charge in [-0.25, -0.2) is 19.6 Å². The molecule has 0 spiro atoms. The number of carbonyl (C=O) groups excluding carboxylic acids is 1. The molecule has 2 N–H and O–H groups in total. The van der Waals surface area contributed by atoms with Crippen molar-refractivity contribution in [3.05, 3.63) is 21.8 Å². The average Bonchev–Trinajstić information content (AvgIpc) is 3.24. The average molecular weight is 422 g/mol. The van der Waals surface area contributed by atoms with Gasteiger partial charge in [-0.2, -0.15) is 5.10 Å². The summed E-state index contributed by atoms with van der Waals surface area (Å²) in [6.07, 6.45) is 3.67. The molecule has 0 atom stereocenters. The van der Waals surface area contributed by atoms with Crippen molar-refractivity contribution in [2.24, 2.45) is 0 Å². The lowest BCUT2D eigenvalue weighted by molar-refractivity contribution is 0.0955. The van der Waals surface area contributed by atoms with Crippen molar-refractivity contribution < 1.29 is 9.53 Å². The number of rotatable bonds is 9. The van der Waals surface area contributed by atoms with E-state index in [1.54, 1.807) is 18.0 Å². The Labute approximate surface area is 171 Å². The van der Waals surface area contributed by atoms with Crippen LogP contribution in [0, 0.1) is 13.8 Å². The summed E-state index contributed by atoms with van der Waals surface area (Å²) in [5.74, 6) is 0.623. The van der Waals surface area contributed by atoms with E-state index in [9.17, 15) is 4.79 Å². The van der Waals surface area contributed by atoms with Crippen LogP contribution in [-0.2, 0) is 11.3 Å².